The highest BCUT2D eigenvalue weighted by Crippen LogP contribution is 2.35. The maximum absolute atomic E-state index is 10.6. The van der Waals surface area contributed by atoms with Crippen molar-refractivity contribution in [1.82, 2.24) is 0 Å². The molecule has 0 aromatic rings. The average molecular weight is 164 g/mol. The van der Waals surface area contributed by atoms with Crippen LogP contribution in [0.15, 0.2) is 12.2 Å². The predicted octanol–water partition coefficient (Wildman–Crippen LogP) is 2.57. The van der Waals surface area contributed by atoms with E-state index in [-0.39, 0.29) is 0 Å². The van der Waals surface area contributed by atoms with Gasteiger partial charge in [-0.1, -0.05) is 18.6 Å². The van der Waals surface area contributed by atoms with E-state index in [0.717, 1.165) is 18.6 Å². The van der Waals surface area contributed by atoms with E-state index in [0.29, 0.717) is 11.8 Å². The number of hydrogen-bond donors (Lipinski definition) is 0. The Morgan fingerprint density at radius 2 is 1.67 bits per heavy atom. The summed E-state index contributed by atoms with van der Waals surface area (Å²) >= 11 is 0. The van der Waals surface area contributed by atoms with Crippen molar-refractivity contribution in [3.05, 3.63) is 12.2 Å². The van der Waals surface area contributed by atoms with E-state index < -0.39 is 0 Å². The fraction of sp³-hybridized carbons (Fsp3) is 0.727. The van der Waals surface area contributed by atoms with E-state index in [2.05, 4.69) is 12.2 Å². The normalized spacial score (nSPS) is 36.0. The summed E-state index contributed by atoms with van der Waals surface area (Å²) in [6.07, 6.45) is 12.1. The Bertz CT molecular complexity index is 191. The molecule has 0 radical (unpaired) electrons. The minimum atomic E-state index is 0.333. The third-order valence-corrected chi connectivity index (χ3v) is 3.05. The predicted molar refractivity (Wildman–Crippen MR) is 48.8 cm³/mol. The molecular formula is C11H16O. The van der Waals surface area contributed by atoms with Gasteiger partial charge in [0.15, 0.2) is 0 Å². The Morgan fingerprint density at radius 1 is 0.917 bits per heavy atom. The Morgan fingerprint density at radius 3 is 2.33 bits per heavy atom. The lowest BCUT2D eigenvalue weighted by molar-refractivity contribution is -0.111. The lowest BCUT2D eigenvalue weighted by atomic mass is 9.97. The summed E-state index contributed by atoms with van der Waals surface area (Å²) in [5.74, 6) is 1.76. The second-order valence-corrected chi connectivity index (χ2v) is 4.12. The summed E-state index contributed by atoms with van der Waals surface area (Å²) < 4.78 is 0. The molecule has 0 aromatic heterocycles. The molecule has 2 rings (SSSR count). The zero-order valence-electron chi connectivity index (χ0n) is 7.41. The van der Waals surface area contributed by atoms with Crippen LogP contribution in [0.4, 0.5) is 0 Å². The smallest absolute Gasteiger partial charge is 0.123 e. The quantitative estimate of drug-likeness (QED) is 0.463. The van der Waals surface area contributed by atoms with Crippen LogP contribution in [0.3, 0.4) is 0 Å². The first-order valence-electron chi connectivity index (χ1n) is 5.04. The Kier molecular flexibility index (Phi) is 2.29. The van der Waals surface area contributed by atoms with Crippen molar-refractivity contribution in [3.8, 4) is 0 Å². The van der Waals surface area contributed by atoms with Gasteiger partial charge in [0.2, 0.25) is 0 Å². The largest absolute Gasteiger partial charge is 0.303 e. The number of rotatable bonds is 3. The van der Waals surface area contributed by atoms with Crippen LogP contribution in [-0.2, 0) is 4.79 Å². The first-order chi connectivity index (χ1) is 5.90. The molecule has 2 atom stereocenters. The number of allylic oxidation sites excluding steroid dienone is 2. The molecule has 2 saturated carbocycles. The van der Waals surface area contributed by atoms with Crippen molar-refractivity contribution in [2.45, 2.75) is 32.1 Å². The Balaban J connectivity index is 1.88. The molecule has 0 saturated heterocycles. The van der Waals surface area contributed by atoms with Gasteiger partial charge in [0, 0.05) is 5.92 Å². The SMILES string of the molecule is O=C[C@@H]1CCC[C@@H]1/C=C/C1CC1. The van der Waals surface area contributed by atoms with Crippen LogP contribution in [0.2, 0.25) is 0 Å². The minimum Gasteiger partial charge on any atom is -0.303 e. The number of hydrogen-bond acceptors (Lipinski definition) is 1. The van der Waals surface area contributed by atoms with Gasteiger partial charge in [0.25, 0.3) is 0 Å². The van der Waals surface area contributed by atoms with Gasteiger partial charge in [-0.05, 0) is 37.5 Å². The summed E-state index contributed by atoms with van der Waals surface area (Å²) in [6, 6.07) is 0. The van der Waals surface area contributed by atoms with E-state index in [1.165, 1.54) is 25.7 Å². The first kappa shape index (κ1) is 8.03. The second kappa shape index (κ2) is 3.42. The Labute approximate surface area is 73.8 Å². The van der Waals surface area contributed by atoms with Gasteiger partial charge in [-0.3, -0.25) is 0 Å². The molecule has 0 aliphatic heterocycles. The molecule has 0 heterocycles. The fourth-order valence-corrected chi connectivity index (χ4v) is 2.01. The van der Waals surface area contributed by atoms with Crippen LogP contribution < -0.4 is 0 Å². The molecule has 1 heteroatoms. The van der Waals surface area contributed by atoms with Crippen molar-refractivity contribution in [2.24, 2.45) is 17.8 Å². The highest BCUT2D eigenvalue weighted by atomic mass is 16.1. The van der Waals surface area contributed by atoms with Gasteiger partial charge in [-0.2, -0.15) is 0 Å². The first-order valence-corrected chi connectivity index (χ1v) is 5.04. The Hall–Kier alpha value is -0.590. The van der Waals surface area contributed by atoms with Crippen LogP contribution in [0, 0.1) is 17.8 Å². The van der Waals surface area contributed by atoms with Gasteiger partial charge in [-0.25, -0.2) is 0 Å². The molecule has 66 valence electrons. The zero-order chi connectivity index (χ0) is 8.39. The fourth-order valence-electron chi connectivity index (χ4n) is 2.01. The number of carbonyl (C=O) groups excluding carboxylic acids is 1. The molecule has 0 bridgehead atoms. The molecule has 0 amide bonds. The lowest BCUT2D eigenvalue weighted by Gasteiger charge is -2.07. The summed E-state index contributed by atoms with van der Waals surface area (Å²) in [5, 5.41) is 0. The number of carbonyl (C=O) groups is 1. The van der Waals surface area contributed by atoms with E-state index in [1.807, 2.05) is 0 Å². The molecule has 2 fully saturated rings. The van der Waals surface area contributed by atoms with E-state index >= 15 is 0 Å². The van der Waals surface area contributed by atoms with Crippen molar-refractivity contribution in [1.29, 1.82) is 0 Å². The van der Waals surface area contributed by atoms with Crippen molar-refractivity contribution < 1.29 is 4.79 Å². The highest BCUT2D eigenvalue weighted by Gasteiger charge is 2.25. The molecule has 1 nitrogen and oxygen atoms in total. The molecule has 0 N–H and O–H groups in total. The van der Waals surface area contributed by atoms with Crippen LogP contribution >= 0.6 is 0 Å². The van der Waals surface area contributed by atoms with Gasteiger partial charge >= 0.3 is 0 Å². The van der Waals surface area contributed by atoms with E-state index in [1.54, 1.807) is 0 Å². The monoisotopic (exact) mass is 164 g/mol. The topological polar surface area (TPSA) is 17.1 Å². The number of aldehydes is 1. The maximum Gasteiger partial charge on any atom is 0.123 e. The van der Waals surface area contributed by atoms with E-state index in [4.69, 9.17) is 0 Å². The lowest BCUT2D eigenvalue weighted by Crippen LogP contribution is -2.05. The van der Waals surface area contributed by atoms with E-state index in [9.17, 15) is 4.79 Å². The summed E-state index contributed by atoms with van der Waals surface area (Å²) in [5.41, 5.74) is 0. The van der Waals surface area contributed by atoms with Crippen molar-refractivity contribution in [3.63, 3.8) is 0 Å². The molecule has 0 aromatic carbocycles. The molecule has 2 aliphatic rings. The van der Waals surface area contributed by atoms with Crippen molar-refractivity contribution >= 4 is 6.29 Å². The molecule has 0 spiro atoms. The standard InChI is InChI=1S/C11H16O/c12-8-11-3-1-2-10(11)7-6-9-4-5-9/h6-11H,1-5H2/b7-6+/t10-,11+/m1/s1. The van der Waals surface area contributed by atoms with Gasteiger partial charge in [-0.15, -0.1) is 0 Å². The van der Waals surface area contributed by atoms with Crippen LogP contribution in [0.1, 0.15) is 32.1 Å². The zero-order valence-corrected chi connectivity index (χ0v) is 7.41. The highest BCUT2D eigenvalue weighted by molar-refractivity contribution is 5.55. The summed E-state index contributed by atoms with van der Waals surface area (Å²) in [7, 11) is 0. The van der Waals surface area contributed by atoms with Crippen LogP contribution in [0.25, 0.3) is 0 Å². The van der Waals surface area contributed by atoms with Gasteiger partial charge < -0.3 is 4.79 Å². The van der Waals surface area contributed by atoms with Crippen LogP contribution in [0.5, 0.6) is 0 Å². The van der Waals surface area contributed by atoms with Crippen LogP contribution in [-0.4, -0.2) is 6.29 Å². The molecular weight excluding hydrogens is 148 g/mol. The third kappa shape index (κ3) is 1.77. The molecule has 12 heavy (non-hydrogen) atoms. The summed E-state index contributed by atoms with van der Waals surface area (Å²) in [6.45, 7) is 0. The second-order valence-electron chi connectivity index (χ2n) is 4.12. The van der Waals surface area contributed by atoms with Gasteiger partial charge in [0.1, 0.15) is 6.29 Å². The maximum atomic E-state index is 10.6. The van der Waals surface area contributed by atoms with Crippen molar-refractivity contribution in [2.75, 3.05) is 0 Å². The minimum absolute atomic E-state index is 0.333. The average Bonchev–Trinajstić information content (AvgIpc) is 2.81. The third-order valence-electron chi connectivity index (χ3n) is 3.05. The van der Waals surface area contributed by atoms with Gasteiger partial charge in [0.05, 0.1) is 0 Å². The summed E-state index contributed by atoms with van der Waals surface area (Å²) in [4.78, 5) is 10.6. The molecule has 2 aliphatic carbocycles. The molecule has 0 unspecified atom stereocenters.